The SMILES string of the molecule is O=C(O)n1ccc2nc(Br)c(Cl)nc21. The summed E-state index contributed by atoms with van der Waals surface area (Å²) in [5, 5.41) is 8.91. The molecule has 0 aliphatic carbocycles. The van der Waals surface area contributed by atoms with Crippen LogP contribution in [0.5, 0.6) is 0 Å². The Morgan fingerprint density at radius 2 is 2.29 bits per heavy atom. The Balaban J connectivity index is 2.80. The Bertz CT molecular complexity index is 525. The second-order valence-electron chi connectivity index (χ2n) is 2.48. The van der Waals surface area contributed by atoms with Crippen molar-refractivity contribution in [2.75, 3.05) is 0 Å². The Morgan fingerprint density at radius 3 is 2.93 bits per heavy atom. The first-order valence-corrected chi connectivity index (χ1v) is 4.70. The predicted octanol–water partition coefficient (Wildman–Crippen LogP) is 2.37. The Kier molecular flexibility index (Phi) is 2.16. The van der Waals surface area contributed by atoms with E-state index >= 15 is 0 Å². The van der Waals surface area contributed by atoms with Crippen LogP contribution in [0.2, 0.25) is 5.15 Å². The van der Waals surface area contributed by atoms with Gasteiger partial charge in [0.25, 0.3) is 0 Å². The first-order valence-electron chi connectivity index (χ1n) is 3.53. The normalized spacial score (nSPS) is 10.7. The van der Waals surface area contributed by atoms with Gasteiger partial charge in [-0.3, -0.25) is 0 Å². The van der Waals surface area contributed by atoms with Gasteiger partial charge >= 0.3 is 6.09 Å². The number of rotatable bonds is 0. The number of nitrogens with zero attached hydrogens (tertiary/aromatic N) is 3. The molecule has 0 saturated carbocycles. The highest BCUT2D eigenvalue weighted by atomic mass is 79.9. The lowest BCUT2D eigenvalue weighted by Gasteiger charge is -1.98. The van der Waals surface area contributed by atoms with Gasteiger partial charge in [-0.2, -0.15) is 0 Å². The minimum absolute atomic E-state index is 0.138. The molecule has 5 nitrogen and oxygen atoms in total. The monoisotopic (exact) mass is 275 g/mol. The molecular weight excluding hydrogens is 273 g/mol. The van der Waals surface area contributed by atoms with Gasteiger partial charge in [0.05, 0.1) is 0 Å². The lowest BCUT2D eigenvalue weighted by Crippen LogP contribution is -2.07. The zero-order valence-corrected chi connectivity index (χ0v) is 8.95. The van der Waals surface area contributed by atoms with Crippen LogP contribution in [0.15, 0.2) is 16.9 Å². The van der Waals surface area contributed by atoms with Gasteiger partial charge in [0.1, 0.15) is 10.1 Å². The summed E-state index contributed by atoms with van der Waals surface area (Å²) in [6.07, 6.45) is 0.253. The van der Waals surface area contributed by atoms with Crippen LogP contribution in [0.1, 0.15) is 0 Å². The molecule has 1 N–H and O–H groups in total. The topological polar surface area (TPSA) is 68.0 Å². The fraction of sp³-hybridized carbons (Fsp3) is 0. The van der Waals surface area contributed by atoms with Crippen LogP contribution in [-0.4, -0.2) is 25.7 Å². The van der Waals surface area contributed by atoms with Gasteiger partial charge in [0.2, 0.25) is 0 Å². The van der Waals surface area contributed by atoms with Crippen LogP contribution in [-0.2, 0) is 0 Å². The molecule has 0 aliphatic heterocycles. The van der Waals surface area contributed by atoms with Gasteiger partial charge in [-0.1, -0.05) is 11.6 Å². The largest absolute Gasteiger partial charge is 0.464 e. The van der Waals surface area contributed by atoms with Crippen LogP contribution in [0, 0.1) is 0 Å². The molecule has 0 bridgehead atoms. The summed E-state index contributed by atoms with van der Waals surface area (Å²) in [4.78, 5) is 18.6. The van der Waals surface area contributed by atoms with E-state index in [1.807, 2.05) is 0 Å². The van der Waals surface area contributed by atoms with Crippen molar-refractivity contribution in [3.63, 3.8) is 0 Å². The number of carbonyl (C=O) groups is 1. The molecule has 0 atom stereocenters. The van der Waals surface area contributed by atoms with Crippen LogP contribution in [0.4, 0.5) is 4.79 Å². The van der Waals surface area contributed by atoms with Crippen molar-refractivity contribution >= 4 is 44.8 Å². The molecule has 0 unspecified atom stereocenters. The highest BCUT2D eigenvalue weighted by Crippen LogP contribution is 2.21. The summed E-state index contributed by atoms with van der Waals surface area (Å²) < 4.78 is 1.36. The maximum Gasteiger partial charge on any atom is 0.417 e. The smallest absolute Gasteiger partial charge is 0.417 e. The van der Waals surface area contributed by atoms with Gasteiger partial charge in [-0.05, 0) is 22.0 Å². The summed E-state index contributed by atoms with van der Waals surface area (Å²) in [6, 6.07) is 1.55. The summed E-state index contributed by atoms with van der Waals surface area (Å²) in [5.74, 6) is 0. The molecule has 2 rings (SSSR count). The molecular formula is C7H3BrClN3O2. The number of fused-ring (bicyclic) bond motifs is 1. The van der Waals surface area contributed by atoms with Crippen LogP contribution in [0.3, 0.4) is 0 Å². The summed E-state index contributed by atoms with van der Waals surface area (Å²) >= 11 is 8.79. The van der Waals surface area contributed by atoms with Crippen LogP contribution < -0.4 is 0 Å². The molecule has 7 heteroatoms. The van der Waals surface area contributed by atoms with Crippen molar-refractivity contribution in [3.05, 3.63) is 22.0 Å². The quantitative estimate of drug-likeness (QED) is 0.802. The van der Waals surface area contributed by atoms with E-state index in [0.717, 1.165) is 4.57 Å². The van der Waals surface area contributed by atoms with Crippen molar-refractivity contribution in [2.24, 2.45) is 0 Å². The fourth-order valence-electron chi connectivity index (χ4n) is 1.06. The van der Waals surface area contributed by atoms with Gasteiger partial charge in [-0.15, -0.1) is 0 Å². The molecule has 2 heterocycles. The first-order chi connectivity index (χ1) is 6.59. The third-order valence-corrected chi connectivity index (χ3v) is 2.68. The molecule has 14 heavy (non-hydrogen) atoms. The maximum atomic E-state index is 10.7. The zero-order chi connectivity index (χ0) is 10.3. The zero-order valence-electron chi connectivity index (χ0n) is 6.61. The molecule has 0 fully saturated rings. The van der Waals surface area contributed by atoms with E-state index in [9.17, 15) is 4.79 Å². The highest BCUT2D eigenvalue weighted by Gasteiger charge is 2.11. The highest BCUT2D eigenvalue weighted by molar-refractivity contribution is 9.10. The third-order valence-electron chi connectivity index (χ3n) is 1.64. The summed E-state index contributed by atoms with van der Waals surface area (Å²) in [5.41, 5.74) is 0.703. The van der Waals surface area contributed by atoms with Crippen LogP contribution in [0.25, 0.3) is 11.2 Å². The Morgan fingerprint density at radius 1 is 1.57 bits per heavy atom. The molecule has 0 radical (unpaired) electrons. The first kappa shape index (κ1) is 9.42. The van der Waals surface area contributed by atoms with Gasteiger partial charge in [0, 0.05) is 6.20 Å². The Hall–Kier alpha value is -1.14. The third kappa shape index (κ3) is 1.36. The molecule has 0 spiro atoms. The van der Waals surface area contributed by atoms with E-state index in [0.29, 0.717) is 10.1 Å². The summed E-state index contributed by atoms with van der Waals surface area (Å²) in [6.45, 7) is 0. The number of carboxylic acid groups (broad SMARTS) is 1. The second kappa shape index (κ2) is 3.21. The molecule has 0 aromatic carbocycles. The number of aromatic nitrogens is 3. The lowest BCUT2D eigenvalue weighted by atomic mass is 10.5. The van der Waals surface area contributed by atoms with Gasteiger partial charge < -0.3 is 5.11 Å². The lowest BCUT2D eigenvalue weighted by molar-refractivity contribution is 0.197. The molecule has 0 saturated heterocycles. The van der Waals surface area contributed by atoms with Crippen LogP contribution >= 0.6 is 27.5 Å². The second-order valence-corrected chi connectivity index (χ2v) is 3.59. The van der Waals surface area contributed by atoms with Gasteiger partial charge in [-0.25, -0.2) is 19.3 Å². The minimum Gasteiger partial charge on any atom is -0.464 e. The molecule has 2 aromatic rings. The van der Waals surface area contributed by atoms with Crippen molar-refractivity contribution < 1.29 is 9.90 Å². The molecule has 72 valence electrons. The average Bonchev–Trinajstić information content (AvgIpc) is 2.48. The van der Waals surface area contributed by atoms with Crippen molar-refractivity contribution in [1.29, 1.82) is 0 Å². The summed E-state index contributed by atoms with van der Waals surface area (Å²) in [7, 11) is 0. The van der Waals surface area contributed by atoms with Crippen molar-refractivity contribution in [1.82, 2.24) is 14.5 Å². The van der Waals surface area contributed by atoms with E-state index in [-0.39, 0.29) is 10.8 Å². The van der Waals surface area contributed by atoms with E-state index in [4.69, 9.17) is 16.7 Å². The van der Waals surface area contributed by atoms with Crippen molar-refractivity contribution in [3.8, 4) is 0 Å². The number of hydrogen-bond acceptors (Lipinski definition) is 3. The molecule has 0 amide bonds. The standard InChI is InChI=1S/C7H3BrClN3O2/c8-4-5(9)11-6-3(10-4)1-2-12(6)7(13)14/h1-2H,(H,13,14). The number of hydrogen-bond donors (Lipinski definition) is 1. The van der Waals surface area contributed by atoms with E-state index < -0.39 is 6.09 Å². The van der Waals surface area contributed by atoms with Crippen molar-refractivity contribution in [2.45, 2.75) is 0 Å². The van der Waals surface area contributed by atoms with E-state index in [2.05, 4.69) is 25.9 Å². The minimum atomic E-state index is -1.12. The van der Waals surface area contributed by atoms with E-state index in [1.165, 1.54) is 6.20 Å². The molecule has 0 aliphatic rings. The predicted molar refractivity (Wildman–Crippen MR) is 53.7 cm³/mol. The Labute approximate surface area is 91.5 Å². The average molecular weight is 276 g/mol. The molecule has 2 aromatic heterocycles. The fourth-order valence-corrected chi connectivity index (χ4v) is 1.46. The van der Waals surface area contributed by atoms with E-state index in [1.54, 1.807) is 6.07 Å². The van der Waals surface area contributed by atoms with Gasteiger partial charge in [0.15, 0.2) is 10.8 Å². The maximum absolute atomic E-state index is 10.7. The number of halogens is 2.